The van der Waals surface area contributed by atoms with Gasteiger partial charge in [-0.05, 0) is 37.9 Å². The number of pyridine rings is 1. The minimum absolute atomic E-state index is 0.746. The second kappa shape index (κ2) is 6.46. The van der Waals surface area contributed by atoms with Gasteiger partial charge in [-0.15, -0.1) is 0 Å². The van der Waals surface area contributed by atoms with Crippen molar-refractivity contribution < 1.29 is 0 Å². The molecule has 4 nitrogen and oxygen atoms in total. The van der Waals surface area contributed by atoms with Crippen molar-refractivity contribution in [3.63, 3.8) is 0 Å². The van der Waals surface area contributed by atoms with E-state index in [0.717, 1.165) is 41.5 Å². The summed E-state index contributed by atoms with van der Waals surface area (Å²) in [6.45, 7) is 1.72. The van der Waals surface area contributed by atoms with E-state index in [9.17, 15) is 0 Å². The van der Waals surface area contributed by atoms with Crippen LogP contribution in [0.2, 0.25) is 5.02 Å². The molecule has 0 unspecified atom stereocenters. The van der Waals surface area contributed by atoms with Gasteiger partial charge < -0.3 is 4.90 Å². The maximum Gasteiger partial charge on any atom is 0.0780 e. The first-order valence-electron chi connectivity index (χ1n) is 7.32. The van der Waals surface area contributed by atoms with E-state index in [2.05, 4.69) is 22.0 Å². The number of anilines is 1. The van der Waals surface area contributed by atoms with Crippen molar-refractivity contribution in [3.05, 3.63) is 58.9 Å². The lowest BCUT2D eigenvalue weighted by Gasteiger charge is -2.17. The Hall–Kier alpha value is -1.91. The van der Waals surface area contributed by atoms with Gasteiger partial charge in [-0.3, -0.25) is 9.99 Å². The van der Waals surface area contributed by atoms with E-state index in [1.165, 1.54) is 5.56 Å². The lowest BCUT2D eigenvalue weighted by atomic mass is 10.1. The zero-order valence-corrected chi connectivity index (χ0v) is 13.6. The molecule has 0 N–H and O–H groups in total. The number of hydrogen-bond acceptors (Lipinski definition) is 4. The second-order valence-corrected chi connectivity index (χ2v) is 6.09. The molecule has 114 valence electrons. The van der Waals surface area contributed by atoms with Gasteiger partial charge in [0.05, 0.1) is 16.4 Å². The quantitative estimate of drug-likeness (QED) is 0.866. The van der Waals surface area contributed by atoms with Crippen molar-refractivity contribution in [2.75, 3.05) is 25.6 Å². The van der Waals surface area contributed by atoms with Crippen molar-refractivity contribution in [1.29, 1.82) is 0 Å². The summed E-state index contributed by atoms with van der Waals surface area (Å²) < 4.78 is 0. The smallest absolute Gasteiger partial charge is 0.0780 e. The van der Waals surface area contributed by atoms with Crippen LogP contribution in [0.3, 0.4) is 0 Å². The van der Waals surface area contributed by atoms with Crippen LogP contribution in [0.1, 0.15) is 17.5 Å². The van der Waals surface area contributed by atoms with Crippen LogP contribution < -0.4 is 5.01 Å². The first kappa shape index (κ1) is 15.0. The maximum absolute atomic E-state index is 6.44. The van der Waals surface area contributed by atoms with Crippen molar-refractivity contribution in [2.24, 2.45) is 5.10 Å². The van der Waals surface area contributed by atoms with Gasteiger partial charge in [-0.2, -0.15) is 5.10 Å². The van der Waals surface area contributed by atoms with Gasteiger partial charge in [-0.1, -0.05) is 23.7 Å². The van der Waals surface area contributed by atoms with E-state index < -0.39 is 0 Å². The number of benzene rings is 1. The van der Waals surface area contributed by atoms with Crippen LogP contribution in [0.4, 0.5) is 5.69 Å². The lowest BCUT2D eigenvalue weighted by Crippen LogP contribution is -2.13. The monoisotopic (exact) mass is 314 g/mol. The van der Waals surface area contributed by atoms with Crippen LogP contribution in [-0.2, 0) is 6.54 Å². The predicted octanol–water partition coefficient (Wildman–Crippen LogP) is 3.41. The van der Waals surface area contributed by atoms with Crippen LogP contribution in [0.15, 0.2) is 47.8 Å². The zero-order valence-electron chi connectivity index (χ0n) is 12.8. The summed E-state index contributed by atoms with van der Waals surface area (Å²) in [6.07, 6.45) is 4.53. The van der Waals surface area contributed by atoms with Crippen molar-refractivity contribution >= 4 is 23.0 Å². The summed E-state index contributed by atoms with van der Waals surface area (Å²) in [5.74, 6) is 0. The van der Waals surface area contributed by atoms with Crippen LogP contribution in [0.25, 0.3) is 0 Å². The van der Waals surface area contributed by atoms with Crippen LogP contribution in [0, 0.1) is 0 Å². The maximum atomic E-state index is 6.44. The van der Waals surface area contributed by atoms with Gasteiger partial charge in [0, 0.05) is 37.5 Å². The van der Waals surface area contributed by atoms with E-state index in [1.807, 2.05) is 43.5 Å². The third-order valence-corrected chi connectivity index (χ3v) is 3.89. The van der Waals surface area contributed by atoms with Gasteiger partial charge in [0.2, 0.25) is 0 Å². The number of aromatic nitrogens is 1. The van der Waals surface area contributed by atoms with Gasteiger partial charge in [0.25, 0.3) is 0 Å². The molecule has 0 aliphatic carbocycles. The normalized spacial score (nSPS) is 14.5. The minimum atomic E-state index is 0.746. The molecule has 1 aromatic carbocycles. The topological polar surface area (TPSA) is 31.7 Å². The van der Waals surface area contributed by atoms with Gasteiger partial charge in [0.15, 0.2) is 0 Å². The molecule has 1 aliphatic rings. The third kappa shape index (κ3) is 3.29. The largest absolute Gasteiger partial charge is 0.305 e. The first-order chi connectivity index (χ1) is 10.6. The fourth-order valence-electron chi connectivity index (χ4n) is 2.59. The molecular weight excluding hydrogens is 296 g/mol. The van der Waals surface area contributed by atoms with Crippen molar-refractivity contribution in [2.45, 2.75) is 13.0 Å². The SMILES string of the molecule is CN(C)Cc1ccc(N2CCC(c3cccnc3)=N2)c(Cl)c1. The summed E-state index contributed by atoms with van der Waals surface area (Å²) in [5, 5.41) is 7.42. The molecule has 22 heavy (non-hydrogen) atoms. The molecule has 3 rings (SSSR count). The second-order valence-electron chi connectivity index (χ2n) is 5.69. The molecule has 5 heteroatoms. The van der Waals surface area contributed by atoms with Crippen molar-refractivity contribution in [1.82, 2.24) is 9.88 Å². The fourth-order valence-corrected chi connectivity index (χ4v) is 2.89. The highest BCUT2D eigenvalue weighted by Gasteiger charge is 2.19. The standard InChI is InChI=1S/C17H19ClN4/c1-21(2)12-13-5-6-17(15(18)10-13)22-9-7-16(20-22)14-4-3-8-19-11-14/h3-6,8,10-11H,7,9,12H2,1-2H3. The summed E-state index contributed by atoms with van der Waals surface area (Å²) in [5.41, 5.74) is 4.30. The Morgan fingerprint density at radius 2 is 2.14 bits per heavy atom. The number of rotatable bonds is 4. The number of nitrogens with zero attached hydrogens (tertiary/aromatic N) is 4. The van der Waals surface area contributed by atoms with Crippen LogP contribution in [-0.4, -0.2) is 36.2 Å². The molecule has 0 bridgehead atoms. The van der Waals surface area contributed by atoms with Crippen molar-refractivity contribution in [3.8, 4) is 0 Å². The Kier molecular flexibility index (Phi) is 4.41. The van der Waals surface area contributed by atoms with E-state index in [-0.39, 0.29) is 0 Å². The Labute approximate surface area is 136 Å². The fraction of sp³-hybridized carbons (Fsp3) is 0.294. The van der Waals surface area contributed by atoms with E-state index >= 15 is 0 Å². The van der Waals surface area contributed by atoms with Gasteiger partial charge >= 0.3 is 0 Å². The molecule has 0 saturated carbocycles. The summed E-state index contributed by atoms with van der Waals surface area (Å²) in [4.78, 5) is 6.28. The first-order valence-corrected chi connectivity index (χ1v) is 7.70. The predicted molar refractivity (Wildman–Crippen MR) is 91.6 cm³/mol. The lowest BCUT2D eigenvalue weighted by molar-refractivity contribution is 0.402. The average molecular weight is 315 g/mol. The molecule has 0 radical (unpaired) electrons. The highest BCUT2D eigenvalue weighted by atomic mass is 35.5. The molecule has 0 amide bonds. The van der Waals surface area contributed by atoms with E-state index in [4.69, 9.17) is 16.7 Å². The van der Waals surface area contributed by atoms with Gasteiger partial charge in [0.1, 0.15) is 0 Å². The summed E-state index contributed by atoms with van der Waals surface area (Å²) in [6, 6.07) is 10.2. The zero-order chi connectivity index (χ0) is 15.5. The molecule has 2 heterocycles. The Morgan fingerprint density at radius 3 is 2.82 bits per heavy atom. The third-order valence-electron chi connectivity index (χ3n) is 3.59. The summed E-state index contributed by atoms with van der Waals surface area (Å²) >= 11 is 6.44. The number of halogens is 1. The van der Waals surface area contributed by atoms with Crippen LogP contribution >= 0.6 is 11.6 Å². The number of hydrogen-bond donors (Lipinski definition) is 0. The molecular formula is C17H19ClN4. The molecule has 1 aromatic heterocycles. The molecule has 0 fully saturated rings. The molecule has 0 atom stereocenters. The van der Waals surface area contributed by atoms with E-state index in [0.29, 0.717) is 0 Å². The highest BCUT2D eigenvalue weighted by Crippen LogP contribution is 2.30. The highest BCUT2D eigenvalue weighted by molar-refractivity contribution is 6.33. The summed E-state index contributed by atoms with van der Waals surface area (Å²) in [7, 11) is 4.10. The molecule has 2 aromatic rings. The van der Waals surface area contributed by atoms with Gasteiger partial charge in [-0.25, -0.2) is 0 Å². The Balaban J connectivity index is 1.82. The number of hydrazone groups is 1. The molecule has 1 aliphatic heterocycles. The Morgan fingerprint density at radius 1 is 1.27 bits per heavy atom. The van der Waals surface area contributed by atoms with E-state index in [1.54, 1.807) is 6.20 Å². The minimum Gasteiger partial charge on any atom is -0.305 e. The Bertz CT molecular complexity index is 682. The molecule has 0 spiro atoms. The molecule has 0 saturated heterocycles. The average Bonchev–Trinajstić information content (AvgIpc) is 2.97. The van der Waals surface area contributed by atoms with Crippen LogP contribution in [0.5, 0.6) is 0 Å².